The topological polar surface area (TPSA) is 42.2 Å². The second-order valence-corrected chi connectivity index (χ2v) is 7.70. The number of halogens is 1. The fourth-order valence-corrected chi connectivity index (χ4v) is 3.81. The zero-order valence-corrected chi connectivity index (χ0v) is 16.6. The van der Waals surface area contributed by atoms with Gasteiger partial charge in [-0.15, -0.1) is 0 Å². The van der Waals surface area contributed by atoms with Gasteiger partial charge in [0.05, 0.1) is 12.2 Å². The first-order valence-electron chi connectivity index (χ1n) is 9.72. The van der Waals surface area contributed by atoms with E-state index in [0.717, 1.165) is 65.2 Å². The van der Waals surface area contributed by atoms with E-state index >= 15 is 0 Å². The fourth-order valence-electron chi connectivity index (χ4n) is 3.69. The molecule has 2 aromatic heterocycles. The molecule has 0 radical (unpaired) electrons. The van der Waals surface area contributed by atoms with E-state index in [4.69, 9.17) is 21.0 Å². The minimum atomic E-state index is 0.718. The fraction of sp³-hybridized carbons (Fsp3) is 0.167. The molecule has 1 aliphatic heterocycles. The molecule has 0 fully saturated rings. The molecule has 4 nitrogen and oxygen atoms in total. The number of fused-ring (bicyclic) bond motifs is 1. The van der Waals surface area contributed by atoms with E-state index in [2.05, 4.69) is 28.1 Å². The number of benzene rings is 2. The van der Waals surface area contributed by atoms with Gasteiger partial charge in [0.2, 0.25) is 0 Å². The van der Waals surface area contributed by atoms with Gasteiger partial charge in [0, 0.05) is 47.4 Å². The Bertz CT molecular complexity index is 1120. The summed E-state index contributed by atoms with van der Waals surface area (Å²) < 4.78 is 6.06. The molecule has 5 rings (SSSR count). The molecule has 0 saturated carbocycles. The standard InChI is InChI=1S/C24H20ClN3O/c25-20-8-6-18(7-9-20)24-26-14-19-15-28(13-12-22(19)27-24)16-21-10-11-23(29-21)17-4-2-1-3-5-17/h1-11,14H,12-13,15-16H2. The Morgan fingerprint density at radius 1 is 0.931 bits per heavy atom. The predicted molar refractivity (Wildman–Crippen MR) is 114 cm³/mol. The third-order valence-electron chi connectivity index (χ3n) is 5.21. The van der Waals surface area contributed by atoms with E-state index in [1.165, 1.54) is 5.56 Å². The maximum Gasteiger partial charge on any atom is 0.159 e. The van der Waals surface area contributed by atoms with Crippen molar-refractivity contribution < 1.29 is 4.42 Å². The van der Waals surface area contributed by atoms with Gasteiger partial charge in [-0.2, -0.15) is 0 Å². The van der Waals surface area contributed by atoms with E-state index < -0.39 is 0 Å². The highest BCUT2D eigenvalue weighted by Gasteiger charge is 2.20. The van der Waals surface area contributed by atoms with Crippen molar-refractivity contribution in [3.63, 3.8) is 0 Å². The maximum absolute atomic E-state index is 6.06. The summed E-state index contributed by atoms with van der Waals surface area (Å²) in [6.45, 7) is 2.56. The second-order valence-electron chi connectivity index (χ2n) is 7.27. The van der Waals surface area contributed by atoms with E-state index in [9.17, 15) is 0 Å². The Morgan fingerprint density at radius 2 is 1.76 bits per heavy atom. The Morgan fingerprint density at radius 3 is 2.59 bits per heavy atom. The van der Waals surface area contributed by atoms with Crippen molar-refractivity contribution in [2.75, 3.05) is 6.54 Å². The van der Waals surface area contributed by atoms with Gasteiger partial charge in [-0.05, 0) is 36.4 Å². The molecule has 5 heteroatoms. The van der Waals surface area contributed by atoms with Crippen LogP contribution in [0.25, 0.3) is 22.7 Å². The maximum atomic E-state index is 6.06. The summed E-state index contributed by atoms with van der Waals surface area (Å²) in [4.78, 5) is 11.7. The van der Waals surface area contributed by atoms with Crippen LogP contribution in [0, 0.1) is 0 Å². The van der Waals surface area contributed by atoms with Crippen molar-refractivity contribution in [1.29, 1.82) is 0 Å². The van der Waals surface area contributed by atoms with Gasteiger partial charge < -0.3 is 4.42 Å². The van der Waals surface area contributed by atoms with Gasteiger partial charge in [0.25, 0.3) is 0 Å². The molecule has 0 N–H and O–H groups in total. The molecule has 0 bridgehead atoms. The molecule has 0 aliphatic carbocycles. The predicted octanol–water partition coefficient (Wildman–Crippen LogP) is 5.62. The van der Waals surface area contributed by atoms with E-state index in [0.29, 0.717) is 0 Å². The van der Waals surface area contributed by atoms with Crippen LogP contribution in [0.5, 0.6) is 0 Å². The molecule has 0 unspecified atom stereocenters. The van der Waals surface area contributed by atoms with Gasteiger partial charge >= 0.3 is 0 Å². The van der Waals surface area contributed by atoms with Crippen molar-refractivity contribution >= 4 is 11.6 Å². The molecular formula is C24H20ClN3O. The minimum absolute atomic E-state index is 0.718. The van der Waals surface area contributed by atoms with Crippen LogP contribution < -0.4 is 0 Å². The van der Waals surface area contributed by atoms with Crippen LogP contribution in [0.15, 0.2) is 77.3 Å². The minimum Gasteiger partial charge on any atom is -0.460 e. The molecule has 29 heavy (non-hydrogen) atoms. The molecular weight excluding hydrogens is 382 g/mol. The van der Waals surface area contributed by atoms with Crippen molar-refractivity contribution in [2.45, 2.75) is 19.5 Å². The van der Waals surface area contributed by atoms with Gasteiger partial charge in [0.1, 0.15) is 11.5 Å². The molecule has 0 spiro atoms. The summed E-state index contributed by atoms with van der Waals surface area (Å²) in [5.41, 5.74) is 4.41. The van der Waals surface area contributed by atoms with Gasteiger partial charge in [-0.1, -0.05) is 41.9 Å². The summed E-state index contributed by atoms with van der Waals surface area (Å²) in [5, 5.41) is 0.718. The smallest absolute Gasteiger partial charge is 0.159 e. The lowest BCUT2D eigenvalue weighted by Crippen LogP contribution is -2.30. The third kappa shape index (κ3) is 3.95. The molecule has 2 aromatic carbocycles. The Labute approximate surface area is 174 Å². The molecule has 4 aromatic rings. The quantitative estimate of drug-likeness (QED) is 0.445. The highest BCUT2D eigenvalue weighted by molar-refractivity contribution is 6.30. The monoisotopic (exact) mass is 401 g/mol. The average molecular weight is 402 g/mol. The molecule has 144 valence electrons. The lowest BCUT2D eigenvalue weighted by atomic mass is 10.1. The summed E-state index contributed by atoms with van der Waals surface area (Å²) >= 11 is 5.98. The first kappa shape index (κ1) is 18.1. The van der Waals surface area contributed by atoms with Crippen molar-refractivity contribution in [1.82, 2.24) is 14.9 Å². The Balaban J connectivity index is 1.29. The van der Waals surface area contributed by atoms with E-state index in [-0.39, 0.29) is 0 Å². The van der Waals surface area contributed by atoms with Crippen LogP contribution in [0.4, 0.5) is 0 Å². The second kappa shape index (κ2) is 7.82. The van der Waals surface area contributed by atoms with Crippen LogP contribution in [0.2, 0.25) is 5.02 Å². The highest BCUT2D eigenvalue weighted by atomic mass is 35.5. The van der Waals surface area contributed by atoms with Gasteiger partial charge in [0.15, 0.2) is 5.82 Å². The van der Waals surface area contributed by atoms with Crippen LogP contribution in [0.3, 0.4) is 0 Å². The van der Waals surface area contributed by atoms with Crippen LogP contribution in [-0.4, -0.2) is 21.4 Å². The first-order chi connectivity index (χ1) is 14.2. The van der Waals surface area contributed by atoms with Crippen molar-refractivity contribution in [3.8, 4) is 22.7 Å². The third-order valence-corrected chi connectivity index (χ3v) is 5.47. The molecule has 1 aliphatic rings. The van der Waals surface area contributed by atoms with E-state index in [1.54, 1.807) is 0 Å². The average Bonchev–Trinajstić information content (AvgIpc) is 3.23. The largest absolute Gasteiger partial charge is 0.460 e. The van der Waals surface area contributed by atoms with Gasteiger partial charge in [-0.25, -0.2) is 9.97 Å². The normalized spacial score (nSPS) is 14.0. The van der Waals surface area contributed by atoms with Crippen LogP contribution >= 0.6 is 11.6 Å². The first-order valence-corrected chi connectivity index (χ1v) is 10.1. The summed E-state index contributed by atoms with van der Waals surface area (Å²) in [5.74, 6) is 2.65. The molecule has 3 heterocycles. The Kier molecular flexibility index (Phi) is 4.88. The number of hydrogen-bond acceptors (Lipinski definition) is 4. The highest BCUT2D eigenvalue weighted by Crippen LogP contribution is 2.26. The lowest BCUT2D eigenvalue weighted by Gasteiger charge is -2.27. The molecule has 0 atom stereocenters. The zero-order valence-electron chi connectivity index (χ0n) is 15.9. The lowest BCUT2D eigenvalue weighted by molar-refractivity contribution is 0.224. The number of furan rings is 1. The number of rotatable bonds is 4. The summed E-state index contributed by atoms with van der Waals surface area (Å²) in [7, 11) is 0. The Hall–Kier alpha value is -2.95. The number of nitrogens with zero attached hydrogens (tertiary/aromatic N) is 3. The van der Waals surface area contributed by atoms with E-state index in [1.807, 2.05) is 54.7 Å². The van der Waals surface area contributed by atoms with Gasteiger partial charge in [-0.3, -0.25) is 4.90 Å². The van der Waals surface area contributed by atoms with Crippen molar-refractivity contribution in [2.24, 2.45) is 0 Å². The number of aromatic nitrogens is 2. The SMILES string of the molecule is Clc1ccc(-c2ncc3c(n2)CCN(Cc2ccc(-c4ccccc4)o2)C3)cc1. The number of hydrogen-bond donors (Lipinski definition) is 0. The summed E-state index contributed by atoms with van der Waals surface area (Å²) in [6.07, 6.45) is 2.86. The van der Waals surface area contributed by atoms with Crippen LogP contribution in [-0.2, 0) is 19.5 Å². The zero-order chi connectivity index (χ0) is 19.6. The van der Waals surface area contributed by atoms with Crippen LogP contribution in [0.1, 0.15) is 17.0 Å². The molecule has 0 saturated heterocycles. The summed E-state index contributed by atoms with van der Waals surface area (Å²) in [6, 6.07) is 22.0. The molecule has 0 amide bonds. The van der Waals surface area contributed by atoms with Crippen molar-refractivity contribution in [3.05, 3.63) is 95.0 Å².